The molecule has 0 fully saturated rings. The summed E-state index contributed by atoms with van der Waals surface area (Å²) >= 11 is 0. The molecular weight excluding hydrogens is 368 g/mol. The number of rotatable bonds is 8. The quantitative estimate of drug-likeness (QED) is 0.573. The number of aromatic nitrogens is 1. The Balaban J connectivity index is 1.72. The molecule has 0 atom stereocenters. The summed E-state index contributed by atoms with van der Waals surface area (Å²) < 4.78 is 11.5. The third-order valence-electron chi connectivity index (χ3n) is 4.20. The van der Waals surface area contributed by atoms with Gasteiger partial charge in [-0.2, -0.15) is 0 Å². The first-order valence-electron chi connectivity index (χ1n) is 9.27. The van der Waals surface area contributed by atoms with Crippen molar-refractivity contribution in [2.75, 3.05) is 11.9 Å². The lowest BCUT2D eigenvalue weighted by Crippen LogP contribution is -2.12. The Labute approximate surface area is 169 Å². The molecule has 3 aromatic rings. The molecule has 0 saturated heterocycles. The Morgan fingerprint density at radius 3 is 2.24 bits per heavy atom. The SMILES string of the molecule is CCOc1cc(C(=O)Nc2ccc(C(C)=O)cc2)ccc1OCc1ccncc1. The van der Waals surface area contributed by atoms with Gasteiger partial charge in [-0.1, -0.05) is 0 Å². The third kappa shape index (κ3) is 5.42. The van der Waals surface area contributed by atoms with Gasteiger partial charge >= 0.3 is 0 Å². The molecule has 1 heterocycles. The molecule has 1 amide bonds. The zero-order valence-electron chi connectivity index (χ0n) is 16.3. The van der Waals surface area contributed by atoms with Crippen LogP contribution in [0.5, 0.6) is 11.5 Å². The van der Waals surface area contributed by atoms with Crippen LogP contribution < -0.4 is 14.8 Å². The van der Waals surface area contributed by atoms with E-state index in [1.807, 2.05) is 19.1 Å². The van der Waals surface area contributed by atoms with E-state index >= 15 is 0 Å². The van der Waals surface area contributed by atoms with Gasteiger partial charge in [0.2, 0.25) is 0 Å². The summed E-state index contributed by atoms with van der Waals surface area (Å²) in [5.41, 5.74) is 2.63. The fourth-order valence-corrected chi connectivity index (χ4v) is 2.67. The summed E-state index contributed by atoms with van der Waals surface area (Å²) in [6, 6.07) is 15.6. The summed E-state index contributed by atoms with van der Waals surface area (Å²) in [6.45, 7) is 4.19. The van der Waals surface area contributed by atoms with Gasteiger partial charge in [0.15, 0.2) is 17.3 Å². The van der Waals surface area contributed by atoms with Gasteiger partial charge in [-0.15, -0.1) is 0 Å². The summed E-state index contributed by atoms with van der Waals surface area (Å²) in [5.74, 6) is 0.765. The van der Waals surface area contributed by atoms with E-state index in [1.165, 1.54) is 6.92 Å². The Kier molecular flexibility index (Phi) is 6.58. The molecule has 6 heteroatoms. The van der Waals surface area contributed by atoms with Crippen molar-refractivity contribution in [2.45, 2.75) is 20.5 Å². The monoisotopic (exact) mass is 390 g/mol. The highest BCUT2D eigenvalue weighted by Gasteiger charge is 2.12. The van der Waals surface area contributed by atoms with E-state index in [9.17, 15) is 9.59 Å². The van der Waals surface area contributed by atoms with E-state index in [-0.39, 0.29) is 11.7 Å². The van der Waals surface area contributed by atoms with Crippen molar-refractivity contribution in [3.05, 3.63) is 83.7 Å². The zero-order chi connectivity index (χ0) is 20.6. The van der Waals surface area contributed by atoms with Gasteiger partial charge in [-0.25, -0.2) is 0 Å². The highest BCUT2D eigenvalue weighted by atomic mass is 16.5. The molecule has 2 aromatic carbocycles. The van der Waals surface area contributed by atoms with Crippen LogP contribution in [-0.4, -0.2) is 23.3 Å². The van der Waals surface area contributed by atoms with Gasteiger partial charge in [-0.05, 0) is 74.0 Å². The molecule has 0 bridgehead atoms. The lowest BCUT2D eigenvalue weighted by molar-refractivity contribution is 0.101. The molecule has 0 aliphatic rings. The van der Waals surface area contributed by atoms with Gasteiger partial charge in [0.25, 0.3) is 5.91 Å². The van der Waals surface area contributed by atoms with Crippen LogP contribution in [-0.2, 0) is 6.61 Å². The van der Waals surface area contributed by atoms with E-state index < -0.39 is 0 Å². The lowest BCUT2D eigenvalue weighted by Gasteiger charge is -2.13. The Hall–Kier alpha value is -3.67. The maximum Gasteiger partial charge on any atom is 0.255 e. The van der Waals surface area contributed by atoms with Crippen molar-refractivity contribution in [3.8, 4) is 11.5 Å². The lowest BCUT2D eigenvalue weighted by atomic mass is 10.1. The molecule has 0 unspecified atom stereocenters. The summed E-state index contributed by atoms with van der Waals surface area (Å²) in [5, 5.41) is 2.82. The molecule has 0 saturated carbocycles. The number of ketones is 1. The van der Waals surface area contributed by atoms with Crippen molar-refractivity contribution in [2.24, 2.45) is 0 Å². The number of hydrogen-bond donors (Lipinski definition) is 1. The molecule has 0 aliphatic heterocycles. The minimum absolute atomic E-state index is 0.0217. The number of hydrogen-bond acceptors (Lipinski definition) is 5. The predicted octanol–water partition coefficient (Wildman–Crippen LogP) is 4.51. The minimum Gasteiger partial charge on any atom is -0.490 e. The standard InChI is InChI=1S/C23H22N2O4/c1-3-28-22-14-19(6-9-21(22)29-15-17-10-12-24-13-11-17)23(27)25-20-7-4-18(5-8-20)16(2)26/h4-14H,3,15H2,1-2H3,(H,25,27). The largest absolute Gasteiger partial charge is 0.490 e. The maximum absolute atomic E-state index is 12.6. The summed E-state index contributed by atoms with van der Waals surface area (Å²) in [7, 11) is 0. The van der Waals surface area contributed by atoms with Gasteiger partial charge in [0.1, 0.15) is 6.61 Å². The fourth-order valence-electron chi connectivity index (χ4n) is 2.67. The van der Waals surface area contributed by atoms with Gasteiger partial charge in [0.05, 0.1) is 6.61 Å². The topological polar surface area (TPSA) is 77.5 Å². The van der Waals surface area contributed by atoms with E-state index in [1.54, 1.807) is 54.9 Å². The molecule has 29 heavy (non-hydrogen) atoms. The first kappa shape index (κ1) is 20.1. The summed E-state index contributed by atoms with van der Waals surface area (Å²) in [6.07, 6.45) is 3.41. The number of pyridine rings is 1. The van der Waals surface area contributed by atoms with Crippen LogP contribution in [0.2, 0.25) is 0 Å². The van der Waals surface area contributed by atoms with Crippen LogP contribution in [0.3, 0.4) is 0 Å². The normalized spacial score (nSPS) is 10.3. The number of Topliss-reactive ketones (excluding diaryl/α,β-unsaturated/α-hetero) is 1. The molecule has 1 aromatic heterocycles. The summed E-state index contributed by atoms with van der Waals surface area (Å²) in [4.78, 5) is 27.9. The van der Waals surface area contributed by atoms with Crippen molar-refractivity contribution in [1.29, 1.82) is 0 Å². The van der Waals surface area contributed by atoms with Crippen LogP contribution in [0.15, 0.2) is 67.0 Å². The molecule has 3 rings (SSSR count). The number of amides is 1. The minimum atomic E-state index is -0.276. The average Bonchev–Trinajstić information content (AvgIpc) is 2.74. The average molecular weight is 390 g/mol. The number of ether oxygens (including phenoxy) is 2. The molecule has 0 spiro atoms. The molecule has 0 aliphatic carbocycles. The molecule has 148 valence electrons. The van der Waals surface area contributed by atoms with Crippen molar-refractivity contribution in [3.63, 3.8) is 0 Å². The second kappa shape index (κ2) is 9.50. The molecular formula is C23H22N2O4. The fraction of sp³-hybridized carbons (Fsp3) is 0.174. The molecule has 1 N–H and O–H groups in total. The van der Waals surface area contributed by atoms with Gasteiger partial charge in [0, 0.05) is 29.2 Å². The van der Waals surface area contributed by atoms with Gasteiger partial charge < -0.3 is 14.8 Å². The number of nitrogens with zero attached hydrogens (tertiary/aromatic N) is 1. The Bertz CT molecular complexity index is 986. The Morgan fingerprint density at radius 1 is 0.897 bits per heavy atom. The van der Waals surface area contributed by atoms with Crippen LogP contribution in [0.25, 0.3) is 0 Å². The number of carbonyl (C=O) groups excluding carboxylic acids is 2. The number of anilines is 1. The first-order chi connectivity index (χ1) is 14.1. The molecule has 0 radical (unpaired) electrons. The van der Waals surface area contributed by atoms with E-state index in [0.29, 0.717) is 41.5 Å². The van der Waals surface area contributed by atoms with Crippen LogP contribution in [0, 0.1) is 0 Å². The maximum atomic E-state index is 12.6. The van der Waals surface area contributed by atoms with E-state index in [2.05, 4.69) is 10.3 Å². The van der Waals surface area contributed by atoms with E-state index in [4.69, 9.17) is 9.47 Å². The number of carbonyl (C=O) groups is 2. The van der Waals surface area contributed by atoms with Crippen LogP contribution in [0.1, 0.15) is 40.1 Å². The predicted molar refractivity (Wildman–Crippen MR) is 111 cm³/mol. The second-order valence-corrected chi connectivity index (χ2v) is 6.33. The first-order valence-corrected chi connectivity index (χ1v) is 9.27. The van der Waals surface area contributed by atoms with Gasteiger partial charge in [-0.3, -0.25) is 14.6 Å². The smallest absolute Gasteiger partial charge is 0.255 e. The van der Waals surface area contributed by atoms with Crippen molar-refractivity contribution >= 4 is 17.4 Å². The number of benzene rings is 2. The van der Waals surface area contributed by atoms with Crippen molar-refractivity contribution in [1.82, 2.24) is 4.98 Å². The second-order valence-electron chi connectivity index (χ2n) is 6.33. The third-order valence-corrected chi connectivity index (χ3v) is 4.20. The molecule has 6 nitrogen and oxygen atoms in total. The van der Waals surface area contributed by atoms with Crippen molar-refractivity contribution < 1.29 is 19.1 Å². The Morgan fingerprint density at radius 2 is 1.59 bits per heavy atom. The highest BCUT2D eigenvalue weighted by Crippen LogP contribution is 2.29. The highest BCUT2D eigenvalue weighted by molar-refractivity contribution is 6.05. The van der Waals surface area contributed by atoms with Crippen LogP contribution >= 0.6 is 0 Å². The van der Waals surface area contributed by atoms with Crippen LogP contribution in [0.4, 0.5) is 5.69 Å². The zero-order valence-corrected chi connectivity index (χ0v) is 16.3. The van der Waals surface area contributed by atoms with E-state index in [0.717, 1.165) is 5.56 Å². The number of nitrogens with one attached hydrogen (secondary N) is 1.